The van der Waals surface area contributed by atoms with Crippen LogP contribution in [0.3, 0.4) is 0 Å². The van der Waals surface area contributed by atoms with E-state index in [0.717, 1.165) is 5.56 Å². The van der Waals surface area contributed by atoms with E-state index in [2.05, 4.69) is 5.32 Å². The Bertz CT molecular complexity index is 823. The molecule has 0 saturated carbocycles. The Kier molecular flexibility index (Phi) is 5.33. The zero-order valence-corrected chi connectivity index (χ0v) is 13.8. The van der Waals surface area contributed by atoms with Crippen LogP contribution in [0.1, 0.15) is 27.0 Å². The average Bonchev–Trinajstić information content (AvgIpc) is 2.64. The molecule has 1 aliphatic heterocycles. The molecule has 1 aliphatic rings. The highest BCUT2D eigenvalue weighted by atomic mass is 19.1. The summed E-state index contributed by atoms with van der Waals surface area (Å²) in [6.07, 6.45) is 0. The van der Waals surface area contributed by atoms with Crippen LogP contribution in [0.25, 0.3) is 0 Å². The van der Waals surface area contributed by atoms with Crippen molar-refractivity contribution in [2.75, 3.05) is 6.79 Å². The molecule has 2 aromatic carbocycles. The first-order valence-corrected chi connectivity index (χ1v) is 7.84. The molecule has 0 saturated heterocycles. The summed E-state index contributed by atoms with van der Waals surface area (Å²) < 4.78 is 29.4. The van der Waals surface area contributed by atoms with Crippen LogP contribution in [-0.2, 0) is 29.2 Å². The fraction of sp³-hybridized carbons (Fsp3) is 0.222. The van der Waals surface area contributed by atoms with Crippen molar-refractivity contribution in [2.24, 2.45) is 5.73 Å². The van der Waals surface area contributed by atoms with Gasteiger partial charge in [0.15, 0.2) is 6.79 Å². The van der Waals surface area contributed by atoms with Crippen molar-refractivity contribution >= 4 is 12.0 Å². The lowest BCUT2D eigenvalue weighted by Crippen LogP contribution is -2.28. The second-order valence-electron chi connectivity index (χ2n) is 5.65. The number of primary amides is 1. The first kappa shape index (κ1) is 17.7. The number of hydrogen-bond donors (Lipinski definition) is 2. The van der Waals surface area contributed by atoms with Gasteiger partial charge in [-0.05, 0) is 29.8 Å². The second-order valence-corrected chi connectivity index (χ2v) is 5.65. The molecule has 0 fully saturated rings. The van der Waals surface area contributed by atoms with E-state index < -0.39 is 17.8 Å². The van der Waals surface area contributed by atoms with Gasteiger partial charge in [-0.15, -0.1) is 0 Å². The van der Waals surface area contributed by atoms with Crippen molar-refractivity contribution in [2.45, 2.75) is 19.8 Å². The SMILES string of the molecule is NC(=O)NCc1ccc(C(=O)OCc2cc(F)cc3c2OCOC3)cc1. The van der Waals surface area contributed by atoms with Crippen LogP contribution in [0.2, 0.25) is 0 Å². The molecule has 136 valence electrons. The van der Waals surface area contributed by atoms with Gasteiger partial charge in [0.2, 0.25) is 0 Å². The van der Waals surface area contributed by atoms with E-state index in [0.29, 0.717) is 22.4 Å². The number of ether oxygens (including phenoxy) is 3. The van der Waals surface area contributed by atoms with Gasteiger partial charge >= 0.3 is 12.0 Å². The quantitative estimate of drug-likeness (QED) is 0.797. The van der Waals surface area contributed by atoms with Crippen molar-refractivity contribution in [3.63, 3.8) is 0 Å². The molecule has 0 aromatic heterocycles. The Balaban J connectivity index is 1.64. The number of urea groups is 1. The molecule has 0 radical (unpaired) electrons. The Morgan fingerprint density at radius 1 is 1.23 bits per heavy atom. The van der Waals surface area contributed by atoms with Crippen LogP contribution < -0.4 is 15.8 Å². The minimum atomic E-state index is -0.625. The van der Waals surface area contributed by atoms with Crippen molar-refractivity contribution in [1.29, 1.82) is 0 Å². The number of carbonyl (C=O) groups is 2. The summed E-state index contributed by atoms with van der Waals surface area (Å²) >= 11 is 0. The van der Waals surface area contributed by atoms with Crippen molar-refractivity contribution in [3.05, 3.63) is 64.5 Å². The molecule has 3 N–H and O–H groups in total. The van der Waals surface area contributed by atoms with Crippen LogP contribution in [-0.4, -0.2) is 18.8 Å². The number of esters is 1. The molecule has 7 nitrogen and oxygen atoms in total. The molecule has 1 heterocycles. The van der Waals surface area contributed by atoms with Gasteiger partial charge in [-0.1, -0.05) is 12.1 Å². The van der Waals surface area contributed by atoms with E-state index in [1.165, 1.54) is 12.1 Å². The summed E-state index contributed by atoms with van der Waals surface area (Å²) in [7, 11) is 0. The monoisotopic (exact) mass is 360 g/mol. The molecule has 26 heavy (non-hydrogen) atoms. The first-order chi connectivity index (χ1) is 12.5. The highest BCUT2D eigenvalue weighted by Crippen LogP contribution is 2.30. The van der Waals surface area contributed by atoms with Gasteiger partial charge in [-0.25, -0.2) is 14.0 Å². The predicted octanol–water partition coefficient (Wildman–Crippen LogP) is 2.22. The summed E-state index contributed by atoms with van der Waals surface area (Å²) in [5.41, 5.74) is 7.14. The van der Waals surface area contributed by atoms with Crippen LogP contribution in [0.15, 0.2) is 36.4 Å². The Morgan fingerprint density at radius 2 is 2.00 bits per heavy atom. The van der Waals surface area contributed by atoms with E-state index in [-0.39, 0.29) is 26.6 Å². The van der Waals surface area contributed by atoms with Gasteiger partial charge in [0.1, 0.15) is 18.2 Å². The number of nitrogens with one attached hydrogen (secondary N) is 1. The first-order valence-electron chi connectivity index (χ1n) is 7.84. The van der Waals surface area contributed by atoms with Crippen LogP contribution >= 0.6 is 0 Å². The smallest absolute Gasteiger partial charge is 0.338 e. The standard InChI is InChI=1S/C18H17FN2O5/c19-15-5-13-8-24-10-26-16(13)14(6-15)9-25-17(22)12-3-1-11(2-4-12)7-21-18(20)23/h1-6H,7-10H2,(H3,20,21,23). The van der Waals surface area contributed by atoms with Gasteiger partial charge < -0.3 is 25.3 Å². The third-order valence-electron chi connectivity index (χ3n) is 3.77. The van der Waals surface area contributed by atoms with Gasteiger partial charge in [0.05, 0.1) is 12.2 Å². The third kappa shape index (κ3) is 4.28. The third-order valence-corrected chi connectivity index (χ3v) is 3.77. The maximum Gasteiger partial charge on any atom is 0.338 e. The maximum absolute atomic E-state index is 13.7. The number of halogens is 1. The van der Waals surface area contributed by atoms with Gasteiger partial charge in [0.25, 0.3) is 0 Å². The number of hydrogen-bond acceptors (Lipinski definition) is 5. The lowest BCUT2D eigenvalue weighted by molar-refractivity contribution is -0.0182. The number of rotatable bonds is 5. The molecular weight excluding hydrogens is 343 g/mol. The maximum atomic E-state index is 13.7. The van der Waals surface area contributed by atoms with Crippen molar-refractivity contribution in [3.8, 4) is 5.75 Å². The number of benzene rings is 2. The summed E-state index contributed by atoms with van der Waals surface area (Å²) in [6, 6.07) is 8.49. The summed E-state index contributed by atoms with van der Waals surface area (Å²) in [4.78, 5) is 22.9. The fourth-order valence-electron chi connectivity index (χ4n) is 2.54. The second kappa shape index (κ2) is 7.83. The van der Waals surface area contributed by atoms with E-state index in [1.54, 1.807) is 24.3 Å². The minimum Gasteiger partial charge on any atom is -0.467 e. The van der Waals surface area contributed by atoms with E-state index >= 15 is 0 Å². The molecule has 0 spiro atoms. The fourth-order valence-corrected chi connectivity index (χ4v) is 2.54. The Labute approximate surface area is 148 Å². The largest absolute Gasteiger partial charge is 0.467 e. The lowest BCUT2D eigenvalue weighted by Gasteiger charge is -2.20. The van der Waals surface area contributed by atoms with E-state index in [1.807, 2.05) is 0 Å². The Hall–Kier alpha value is -3.13. The lowest BCUT2D eigenvalue weighted by atomic mass is 10.1. The summed E-state index contributed by atoms with van der Waals surface area (Å²) in [5, 5.41) is 2.45. The Morgan fingerprint density at radius 3 is 2.73 bits per heavy atom. The van der Waals surface area contributed by atoms with Gasteiger partial charge in [-0.2, -0.15) is 0 Å². The molecule has 0 unspecified atom stereocenters. The zero-order chi connectivity index (χ0) is 18.5. The molecule has 0 bridgehead atoms. The minimum absolute atomic E-state index is 0.0698. The van der Waals surface area contributed by atoms with Crippen LogP contribution in [0, 0.1) is 5.82 Å². The van der Waals surface area contributed by atoms with Crippen molar-refractivity contribution in [1.82, 2.24) is 5.32 Å². The number of nitrogens with two attached hydrogens (primary N) is 1. The molecule has 0 aliphatic carbocycles. The van der Waals surface area contributed by atoms with Gasteiger partial charge in [0, 0.05) is 17.7 Å². The molecular formula is C18H17FN2O5. The number of amides is 2. The summed E-state index contributed by atoms with van der Waals surface area (Å²) in [5.74, 6) is -0.516. The normalized spacial score (nSPS) is 12.7. The molecule has 2 aromatic rings. The van der Waals surface area contributed by atoms with E-state index in [9.17, 15) is 14.0 Å². The number of carbonyl (C=O) groups excluding carboxylic acids is 2. The zero-order valence-electron chi connectivity index (χ0n) is 13.8. The average molecular weight is 360 g/mol. The molecule has 0 atom stereocenters. The van der Waals surface area contributed by atoms with Crippen LogP contribution in [0.4, 0.5) is 9.18 Å². The number of fused-ring (bicyclic) bond motifs is 1. The van der Waals surface area contributed by atoms with Gasteiger partial charge in [-0.3, -0.25) is 0 Å². The predicted molar refractivity (Wildman–Crippen MR) is 88.7 cm³/mol. The topological polar surface area (TPSA) is 99.9 Å². The molecule has 3 rings (SSSR count). The van der Waals surface area contributed by atoms with Crippen molar-refractivity contribution < 1.29 is 28.2 Å². The molecule has 2 amide bonds. The highest BCUT2D eigenvalue weighted by molar-refractivity contribution is 5.89. The molecule has 8 heteroatoms. The highest BCUT2D eigenvalue weighted by Gasteiger charge is 2.18. The van der Waals surface area contributed by atoms with Crippen LogP contribution in [0.5, 0.6) is 5.75 Å². The van der Waals surface area contributed by atoms with E-state index in [4.69, 9.17) is 19.9 Å². The summed E-state index contributed by atoms with van der Waals surface area (Å²) in [6.45, 7) is 0.457.